The average Bonchev–Trinajstić information content (AvgIpc) is 2.36. The number of ether oxygens (including phenoxy) is 1. The first-order chi connectivity index (χ1) is 8.67. The number of carbonyl (C=O) groups is 1. The first-order valence-corrected chi connectivity index (χ1v) is 5.94. The van der Waals surface area contributed by atoms with Gasteiger partial charge in [-0.15, -0.1) is 0 Å². The SMILES string of the molecule is CCOC(=O)NCC(CCO)c1ccc(F)cc1. The number of rotatable bonds is 6. The van der Waals surface area contributed by atoms with E-state index in [1.807, 2.05) is 0 Å². The zero-order valence-corrected chi connectivity index (χ0v) is 10.4. The Morgan fingerprint density at radius 1 is 1.44 bits per heavy atom. The van der Waals surface area contributed by atoms with Crippen LogP contribution in [-0.2, 0) is 4.74 Å². The summed E-state index contributed by atoms with van der Waals surface area (Å²) in [6, 6.07) is 6.04. The van der Waals surface area contributed by atoms with Crippen LogP contribution in [0.3, 0.4) is 0 Å². The van der Waals surface area contributed by atoms with Gasteiger partial charge < -0.3 is 15.2 Å². The standard InChI is InChI=1S/C13H18FNO3/c1-2-18-13(17)15-9-11(7-8-16)10-3-5-12(14)6-4-10/h3-6,11,16H,2,7-9H2,1H3,(H,15,17). The summed E-state index contributed by atoms with van der Waals surface area (Å²) in [5.74, 6) is -0.361. The molecule has 1 aromatic carbocycles. The number of hydrogen-bond acceptors (Lipinski definition) is 3. The van der Waals surface area contributed by atoms with Crippen LogP contribution in [0.25, 0.3) is 0 Å². The molecule has 0 aliphatic rings. The third-order valence-corrected chi connectivity index (χ3v) is 2.59. The molecule has 1 rings (SSSR count). The van der Waals surface area contributed by atoms with E-state index in [2.05, 4.69) is 5.32 Å². The number of carbonyl (C=O) groups excluding carboxylic acids is 1. The van der Waals surface area contributed by atoms with Crippen molar-refractivity contribution < 1.29 is 19.0 Å². The van der Waals surface area contributed by atoms with E-state index in [9.17, 15) is 9.18 Å². The summed E-state index contributed by atoms with van der Waals surface area (Å²) in [6.07, 6.45) is 0.0143. The van der Waals surface area contributed by atoms with Gasteiger partial charge in [0.1, 0.15) is 5.82 Å². The largest absolute Gasteiger partial charge is 0.450 e. The first-order valence-electron chi connectivity index (χ1n) is 5.94. The summed E-state index contributed by atoms with van der Waals surface area (Å²) in [5.41, 5.74) is 0.877. The molecule has 1 atom stereocenters. The van der Waals surface area contributed by atoms with E-state index in [0.717, 1.165) is 5.56 Å². The molecule has 0 heterocycles. The Bertz CT molecular complexity index is 367. The van der Waals surface area contributed by atoms with Crippen LogP contribution in [0, 0.1) is 5.82 Å². The second-order valence-electron chi connectivity index (χ2n) is 3.86. The van der Waals surface area contributed by atoms with Crippen molar-refractivity contribution in [2.45, 2.75) is 19.3 Å². The highest BCUT2D eigenvalue weighted by Crippen LogP contribution is 2.19. The van der Waals surface area contributed by atoms with Gasteiger partial charge in [0.25, 0.3) is 0 Å². The van der Waals surface area contributed by atoms with Crippen molar-refractivity contribution in [3.63, 3.8) is 0 Å². The highest BCUT2D eigenvalue weighted by atomic mass is 19.1. The van der Waals surface area contributed by atoms with Crippen LogP contribution >= 0.6 is 0 Å². The van der Waals surface area contributed by atoms with Crippen molar-refractivity contribution in [3.05, 3.63) is 35.6 Å². The zero-order chi connectivity index (χ0) is 13.4. The Hall–Kier alpha value is -1.62. The molecule has 4 nitrogen and oxygen atoms in total. The van der Waals surface area contributed by atoms with E-state index >= 15 is 0 Å². The quantitative estimate of drug-likeness (QED) is 0.817. The number of aliphatic hydroxyl groups is 1. The summed E-state index contributed by atoms with van der Waals surface area (Å²) in [7, 11) is 0. The van der Waals surface area contributed by atoms with Crippen LogP contribution < -0.4 is 5.32 Å². The van der Waals surface area contributed by atoms with Crippen LogP contribution in [0.4, 0.5) is 9.18 Å². The van der Waals surface area contributed by atoms with Gasteiger partial charge in [0.05, 0.1) is 6.61 Å². The Kier molecular flexibility index (Phi) is 6.14. The predicted octanol–water partition coefficient (Wildman–Crippen LogP) is 2.04. The predicted molar refractivity (Wildman–Crippen MR) is 65.9 cm³/mol. The molecule has 0 radical (unpaired) electrons. The second-order valence-corrected chi connectivity index (χ2v) is 3.86. The van der Waals surface area contributed by atoms with Crippen LogP contribution in [0.2, 0.25) is 0 Å². The lowest BCUT2D eigenvalue weighted by molar-refractivity contribution is 0.151. The zero-order valence-electron chi connectivity index (χ0n) is 10.4. The van der Waals surface area contributed by atoms with Crippen molar-refractivity contribution in [3.8, 4) is 0 Å². The summed E-state index contributed by atoms with van der Waals surface area (Å²) in [6.45, 7) is 2.40. The number of amides is 1. The summed E-state index contributed by atoms with van der Waals surface area (Å²) in [5, 5.41) is 11.6. The van der Waals surface area contributed by atoms with E-state index < -0.39 is 6.09 Å². The third-order valence-electron chi connectivity index (χ3n) is 2.59. The molecule has 5 heteroatoms. The number of alkyl carbamates (subject to hydrolysis) is 1. The Morgan fingerprint density at radius 3 is 2.67 bits per heavy atom. The fourth-order valence-electron chi connectivity index (χ4n) is 1.67. The molecule has 1 aromatic rings. The molecule has 0 aliphatic carbocycles. The normalized spacial score (nSPS) is 11.9. The lowest BCUT2D eigenvalue weighted by Crippen LogP contribution is -2.29. The molecule has 0 aliphatic heterocycles. The number of halogens is 1. The maximum atomic E-state index is 12.8. The lowest BCUT2D eigenvalue weighted by Gasteiger charge is -2.16. The minimum atomic E-state index is -0.484. The van der Waals surface area contributed by atoms with E-state index in [4.69, 9.17) is 9.84 Å². The molecule has 1 unspecified atom stereocenters. The monoisotopic (exact) mass is 255 g/mol. The van der Waals surface area contributed by atoms with Gasteiger partial charge in [-0.05, 0) is 31.0 Å². The van der Waals surface area contributed by atoms with Gasteiger partial charge in [0, 0.05) is 19.1 Å². The number of nitrogens with one attached hydrogen (secondary N) is 1. The Labute approximate surface area is 106 Å². The number of aliphatic hydroxyl groups excluding tert-OH is 1. The van der Waals surface area contributed by atoms with Crippen LogP contribution in [-0.4, -0.2) is 31.0 Å². The van der Waals surface area contributed by atoms with E-state index in [0.29, 0.717) is 19.6 Å². The second kappa shape index (κ2) is 7.66. The fourth-order valence-corrected chi connectivity index (χ4v) is 1.67. The Balaban J connectivity index is 2.59. The van der Waals surface area contributed by atoms with Gasteiger partial charge in [-0.2, -0.15) is 0 Å². The highest BCUT2D eigenvalue weighted by molar-refractivity contribution is 5.67. The molecular formula is C13H18FNO3. The van der Waals surface area contributed by atoms with Gasteiger partial charge in [0.2, 0.25) is 0 Å². The molecule has 100 valence electrons. The lowest BCUT2D eigenvalue weighted by atomic mass is 9.96. The number of hydrogen-bond donors (Lipinski definition) is 2. The molecule has 0 aromatic heterocycles. The minimum Gasteiger partial charge on any atom is -0.450 e. The van der Waals surface area contributed by atoms with E-state index in [1.165, 1.54) is 12.1 Å². The summed E-state index contributed by atoms with van der Waals surface area (Å²) in [4.78, 5) is 11.2. The van der Waals surface area contributed by atoms with Gasteiger partial charge in [-0.3, -0.25) is 0 Å². The van der Waals surface area contributed by atoms with Crippen LogP contribution in [0.5, 0.6) is 0 Å². The van der Waals surface area contributed by atoms with Crippen LogP contribution in [0.15, 0.2) is 24.3 Å². The van der Waals surface area contributed by atoms with Crippen molar-refractivity contribution in [1.29, 1.82) is 0 Å². The Morgan fingerprint density at radius 2 is 2.11 bits per heavy atom. The molecule has 0 saturated heterocycles. The van der Waals surface area contributed by atoms with Crippen molar-refractivity contribution >= 4 is 6.09 Å². The van der Waals surface area contributed by atoms with Gasteiger partial charge in [-0.25, -0.2) is 9.18 Å². The van der Waals surface area contributed by atoms with E-state index in [1.54, 1.807) is 19.1 Å². The molecule has 18 heavy (non-hydrogen) atoms. The molecule has 0 fully saturated rings. The van der Waals surface area contributed by atoms with Gasteiger partial charge >= 0.3 is 6.09 Å². The average molecular weight is 255 g/mol. The topological polar surface area (TPSA) is 58.6 Å². The van der Waals surface area contributed by atoms with Crippen molar-refractivity contribution in [2.24, 2.45) is 0 Å². The first kappa shape index (κ1) is 14.4. The van der Waals surface area contributed by atoms with Crippen LogP contribution in [0.1, 0.15) is 24.8 Å². The maximum absolute atomic E-state index is 12.8. The molecule has 1 amide bonds. The van der Waals surface area contributed by atoms with Gasteiger partial charge in [-0.1, -0.05) is 12.1 Å². The van der Waals surface area contributed by atoms with Crippen molar-refractivity contribution in [1.82, 2.24) is 5.32 Å². The molecule has 0 spiro atoms. The summed E-state index contributed by atoms with van der Waals surface area (Å²) < 4.78 is 17.6. The molecule has 2 N–H and O–H groups in total. The van der Waals surface area contributed by atoms with Crippen molar-refractivity contribution in [2.75, 3.05) is 19.8 Å². The molecular weight excluding hydrogens is 237 g/mol. The van der Waals surface area contributed by atoms with Gasteiger partial charge in [0.15, 0.2) is 0 Å². The minimum absolute atomic E-state index is 0.00650. The fraction of sp³-hybridized carbons (Fsp3) is 0.462. The smallest absolute Gasteiger partial charge is 0.407 e. The summed E-state index contributed by atoms with van der Waals surface area (Å²) >= 11 is 0. The number of benzene rings is 1. The third kappa shape index (κ3) is 4.71. The van der Waals surface area contributed by atoms with E-state index in [-0.39, 0.29) is 18.3 Å². The molecule has 0 bridgehead atoms. The highest BCUT2D eigenvalue weighted by Gasteiger charge is 2.13. The molecule has 0 saturated carbocycles. The maximum Gasteiger partial charge on any atom is 0.407 e.